The van der Waals surface area contributed by atoms with Gasteiger partial charge in [-0.2, -0.15) is 5.10 Å². The number of rotatable bonds is 4. The highest BCUT2D eigenvalue weighted by Gasteiger charge is 2.25. The lowest BCUT2D eigenvalue weighted by molar-refractivity contribution is -0.133. The zero-order chi connectivity index (χ0) is 19.7. The fraction of sp³-hybridized carbons (Fsp3) is 0.400. The molecule has 4 heterocycles. The van der Waals surface area contributed by atoms with Crippen molar-refractivity contribution < 1.29 is 9.32 Å². The number of halogens is 1. The SMILES string of the molecule is Cc1noc(C)c1-c1cc(C2CCN(C(=O)Cn3cc(Cl)cn3)CC2)ccn1. The first-order valence-corrected chi connectivity index (χ1v) is 9.74. The second-order valence-electron chi connectivity index (χ2n) is 7.18. The lowest BCUT2D eigenvalue weighted by Crippen LogP contribution is -2.39. The molecule has 7 nitrogen and oxygen atoms in total. The predicted octanol–water partition coefficient (Wildman–Crippen LogP) is 3.61. The van der Waals surface area contributed by atoms with Gasteiger partial charge < -0.3 is 9.42 Å². The van der Waals surface area contributed by atoms with Crippen LogP contribution in [0.5, 0.6) is 0 Å². The van der Waals surface area contributed by atoms with E-state index in [0.29, 0.717) is 10.9 Å². The van der Waals surface area contributed by atoms with Gasteiger partial charge in [0.1, 0.15) is 12.3 Å². The molecule has 1 aliphatic heterocycles. The van der Waals surface area contributed by atoms with E-state index in [1.807, 2.05) is 24.9 Å². The average molecular weight is 400 g/mol. The summed E-state index contributed by atoms with van der Waals surface area (Å²) in [4.78, 5) is 18.9. The quantitative estimate of drug-likeness (QED) is 0.669. The fourth-order valence-corrected chi connectivity index (χ4v) is 3.97. The number of aromatic nitrogens is 4. The summed E-state index contributed by atoms with van der Waals surface area (Å²) in [6.45, 7) is 5.53. The molecule has 28 heavy (non-hydrogen) atoms. The van der Waals surface area contributed by atoms with Gasteiger partial charge >= 0.3 is 0 Å². The van der Waals surface area contributed by atoms with Crippen molar-refractivity contribution in [1.29, 1.82) is 0 Å². The van der Waals surface area contributed by atoms with E-state index in [0.717, 1.165) is 48.6 Å². The van der Waals surface area contributed by atoms with Gasteiger partial charge in [-0.1, -0.05) is 16.8 Å². The van der Waals surface area contributed by atoms with Crippen molar-refractivity contribution in [1.82, 2.24) is 24.8 Å². The van der Waals surface area contributed by atoms with Crippen LogP contribution >= 0.6 is 11.6 Å². The van der Waals surface area contributed by atoms with Crippen LogP contribution in [0.25, 0.3) is 11.3 Å². The molecule has 1 saturated heterocycles. The van der Waals surface area contributed by atoms with E-state index in [9.17, 15) is 4.79 Å². The third-order valence-corrected chi connectivity index (χ3v) is 5.49. The molecule has 0 spiro atoms. The van der Waals surface area contributed by atoms with Crippen LogP contribution in [0.2, 0.25) is 5.02 Å². The number of likely N-dealkylation sites (tertiary alicyclic amines) is 1. The molecule has 0 aromatic carbocycles. The van der Waals surface area contributed by atoms with E-state index in [1.165, 1.54) is 5.56 Å². The number of carbonyl (C=O) groups is 1. The molecule has 1 fully saturated rings. The number of hydrogen-bond donors (Lipinski definition) is 0. The third-order valence-electron chi connectivity index (χ3n) is 5.29. The summed E-state index contributed by atoms with van der Waals surface area (Å²) >= 11 is 5.86. The van der Waals surface area contributed by atoms with Crippen LogP contribution in [0.3, 0.4) is 0 Å². The van der Waals surface area contributed by atoms with Gasteiger partial charge in [-0.3, -0.25) is 14.5 Å². The molecule has 3 aromatic heterocycles. The summed E-state index contributed by atoms with van der Waals surface area (Å²) in [7, 11) is 0. The van der Waals surface area contributed by atoms with Crippen molar-refractivity contribution in [3.8, 4) is 11.3 Å². The van der Waals surface area contributed by atoms with Gasteiger partial charge in [0, 0.05) is 25.5 Å². The summed E-state index contributed by atoms with van der Waals surface area (Å²) in [5.41, 5.74) is 3.95. The van der Waals surface area contributed by atoms with Crippen molar-refractivity contribution in [2.75, 3.05) is 13.1 Å². The van der Waals surface area contributed by atoms with Crippen LogP contribution in [0.15, 0.2) is 35.2 Å². The standard InChI is InChI=1S/C20H22ClN5O2/c1-13-20(14(2)28-24-13)18-9-16(3-6-22-18)15-4-7-25(8-5-15)19(27)12-26-11-17(21)10-23-26/h3,6,9-11,15H,4-5,7-8,12H2,1-2H3. The highest BCUT2D eigenvalue weighted by molar-refractivity contribution is 6.30. The molecule has 146 valence electrons. The van der Waals surface area contributed by atoms with E-state index in [4.69, 9.17) is 16.1 Å². The Labute approximate surface area is 168 Å². The molecule has 1 amide bonds. The smallest absolute Gasteiger partial charge is 0.244 e. The molecule has 0 N–H and O–H groups in total. The highest BCUT2D eigenvalue weighted by atomic mass is 35.5. The summed E-state index contributed by atoms with van der Waals surface area (Å²) in [5.74, 6) is 1.26. The van der Waals surface area contributed by atoms with Crippen LogP contribution < -0.4 is 0 Å². The van der Waals surface area contributed by atoms with Crippen LogP contribution in [-0.2, 0) is 11.3 Å². The Morgan fingerprint density at radius 3 is 2.75 bits per heavy atom. The average Bonchev–Trinajstić information content (AvgIpc) is 3.26. The maximum atomic E-state index is 12.5. The molecule has 4 rings (SSSR count). The molecule has 0 atom stereocenters. The first-order chi connectivity index (χ1) is 13.5. The number of nitrogens with zero attached hydrogens (tertiary/aromatic N) is 5. The fourth-order valence-electron chi connectivity index (χ4n) is 3.81. The van der Waals surface area contributed by atoms with Crippen LogP contribution in [-0.4, -0.2) is 43.8 Å². The largest absolute Gasteiger partial charge is 0.361 e. The minimum Gasteiger partial charge on any atom is -0.361 e. The number of piperidine rings is 1. The maximum absolute atomic E-state index is 12.5. The topological polar surface area (TPSA) is 77.0 Å². The highest BCUT2D eigenvalue weighted by Crippen LogP contribution is 2.32. The van der Waals surface area contributed by atoms with Crippen molar-refractivity contribution >= 4 is 17.5 Å². The summed E-state index contributed by atoms with van der Waals surface area (Å²) < 4.78 is 6.86. The van der Waals surface area contributed by atoms with E-state index < -0.39 is 0 Å². The normalized spacial score (nSPS) is 15.2. The Morgan fingerprint density at radius 2 is 2.11 bits per heavy atom. The zero-order valence-electron chi connectivity index (χ0n) is 15.9. The van der Waals surface area contributed by atoms with Crippen molar-refractivity contribution in [2.45, 2.75) is 39.2 Å². The van der Waals surface area contributed by atoms with Crippen molar-refractivity contribution in [3.05, 3.63) is 52.8 Å². The number of hydrogen-bond acceptors (Lipinski definition) is 5. The first-order valence-electron chi connectivity index (χ1n) is 9.36. The predicted molar refractivity (Wildman–Crippen MR) is 105 cm³/mol. The van der Waals surface area contributed by atoms with E-state index in [1.54, 1.807) is 17.1 Å². The van der Waals surface area contributed by atoms with E-state index in [-0.39, 0.29) is 12.5 Å². The Kier molecular flexibility index (Phi) is 5.17. The number of aryl methyl sites for hydroxylation is 2. The molecule has 0 bridgehead atoms. The van der Waals surface area contributed by atoms with Gasteiger partial charge in [-0.15, -0.1) is 0 Å². The molecule has 3 aromatic rings. The lowest BCUT2D eigenvalue weighted by atomic mass is 9.89. The molecule has 0 radical (unpaired) electrons. The monoisotopic (exact) mass is 399 g/mol. The molecule has 8 heteroatoms. The van der Waals surface area contributed by atoms with Gasteiger partial charge in [-0.25, -0.2) is 0 Å². The Bertz CT molecular complexity index is 969. The van der Waals surface area contributed by atoms with Crippen molar-refractivity contribution in [2.24, 2.45) is 0 Å². The van der Waals surface area contributed by atoms with Gasteiger partial charge in [0.25, 0.3) is 0 Å². The second-order valence-corrected chi connectivity index (χ2v) is 7.62. The van der Waals surface area contributed by atoms with Crippen LogP contribution in [0.4, 0.5) is 0 Å². The van der Waals surface area contributed by atoms with Gasteiger partial charge in [-0.05, 0) is 50.3 Å². The Balaban J connectivity index is 1.41. The number of pyridine rings is 1. The summed E-state index contributed by atoms with van der Waals surface area (Å²) in [5, 5.41) is 8.64. The molecule has 0 aliphatic carbocycles. The van der Waals surface area contributed by atoms with Gasteiger partial charge in [0.05, 0.1) is 28.2 Å². The van der Waals surface area contributed by atoms with Crippen molar-refractivity contribution in [3.63, 3.8) is 0 Å². The maximum Gasteiger partial charge on any atom is 0.244 e. The molecule has 1 aliphatic rings. The minimum absolute atomic E-state index is 0.0735. The molecule has 0 saturated carbocycles. The second kappa shape index (κ2) is 7.75. The first kappa shape index (κ1) is 18.7. The van der Waals surface area contributed by atoms with Crippen LogP contribution in [0, 0.1) is 13.8 Å². The lowest BCUT2D eigenvalue weighted by Gasteiger charge is -2.32. The van der Waals surface area contributed by atoms with E-state index >= 15 is 0 Å². The minimum atomic E-state index is 0.0735. The summed E-state index contributed by atoms with van der Waals surface area (Å²) in [6.07, 6.45) is 6.91. The molecular formula is C20H22ClN5O2. The Morgan fingerprint density at radius 1 is 1.32 bits per heavy atom. The zero-order valence-corrected chi connectivity index (χ0v) is 16.7. The Hall–Kier alpha value is -2.67. The molecular weight excluding hydrogens is 378 g/mol. The number of carbonyl (C=O) groups excluding carboxylic acids is 1. The van der Waals surface area contributed by atoms with Gasteiger partial charge in [0.15, 0.2) is 0 Å². The summed E-state index contributed by atoms with van der Waals surface area (Å²) in [6, 6.07) is 4.19. The third kappa shape index (κ3) is 3.80. The number of amides is 1. The van der Waals surface area contributed by atoms with Gasteiger partial charge in [0.2, 0.25) is 5.91 Å². The molecule has 0 unspecified atom stereocenters. The van der Waals surface area contributed by atoms with Crippen LogP contribution in [0.1, 0.15) is 35.8 Å². The van der Waals surface area contributed by atoms with E-state index in [2.05, 4.69) is 27.4 Å².